The minimum atomic E-state index is -3.64. The van der Waals surface area contributed by atoms with E-state index in [4.69, 9.17) is 17.5 Å². The van der Waals surface area contributed by atoms with Gasteiger partial charge in [-0.3, -0.25) is 8.37 Å². The summed E-state index contributed by atoms with van der Waals surface area (Å²) < 4.78 is 67.1. The summed E-state index contributed by atoms with van der Waals surface area (Å²) in [4.78, 5) is 12.4. The van der Waals surface area contributed by atoms with E-state index in [0.29, 0.717) is 6.42 Å². The molecule has 0 bridgehead atoms. The maximum absolute atomic E-state index is 12.4. The van der Waals surface area contributed by atoms with Gasteiger partial charge in [0.1, 0.15) is 5.60 Å². The number of nitrogens with one attached hydrogen (secondary N) is 1. The standard InChI is InChI=1S/C20H43NO9S2Si/c1-19(2,3)29-18(22)21-16(11-13-27-31(7,23)24)15-17(12-14-28-32(8,25)26)30-33(9,10)20(4,5)6/h16-17H,11-15H2,1-10H3,(H,21,22)/t16-,17-/m0/s1. The third-order valence-corrected chi connectivity index (χ3v) is 10.8. The lowest BCUT2D eigenvalue weighted by atomic mass is 10.0. The van der Waals surface area contributed by atoms with E-state index in [1.165, 1.54) is 0 Å². The lowest BCUT2D eigenvalue weighted by Crippen LogP contribution is -2.47. The molecule has 0 heterocycles. The van der Waals surface area contributed by atoms with Gasteiger partial charge in [-0.2, -0.15) is 16.8 Å². The first-order valence-electron chi connectivity index (χ1n) is 10.9. The Balaban J connectivity index is 5.60. The summed E-state index contributed by atoms with van der Waals surface area (Å²) in [5.74, 6) is 0. The number of rotatable bonds is 13. The zero-order chi connectivity index (χ0) is 26.3. The molecule has 0 rings (SSSR count). The molecular weight excluding hydrogens is 490 g/mol. The van der Waals surface area contributed by atoms with Crippen LogP contribution in [0.3, 0.4) is 0 Å². The van der Waals surface area contributed by atoms with Crippen molar-refractivity contribution in [3.05, 3.63) is 0 Å². The smallest absolute Gasteiger partial charge is 0.407 e. The van der Waals surface area contributed by atoms with E-state index >= 15 is 0 Å². The van der Waals surface area contributed by atoms with Gasteiger partial charge in [0.15, 0.2) is 8.32 Å². The maximum atomic E-state index is 12.4. The zero-order valence-electron chi connectivity index (χ0n) is 21.7. The van der Waals surface area contributed by atoms with Crippen LogP contribution >= 0.6 is 0 Å². The molecule has 0 saturated heterocycles. The molecule has 0 aromatic carbocycles. The fraction of sp³-hybridized carbons (Fsp3) is 0.950. The van der Waals surface area contributed by atoms with Gasteiger partial charge in [0, 0.05) is 12.1 Å². The molecule has 1 N–H and O–H groups in total. The number of hydrogen-bond acceptors (Lipinski definition) is 9. The molecular formula is C20H43NO9S2Si. The molecule has 0 aliphatic heterocycles. The van der Waals surface area contributed by atoms with Crippen molar-refractivity contribution in [2.24, 2.45) is 0 Å². The first kappa shape index (κ1) is 32.3. The van der Waals surface area contributed by atoms with Crippen molar-refractivity contribution in [1.82, 2.24) is 5.32 Å². The highest BCUT2D eigenvalue weighted by atomic mass is 32.2. The van der Waals surface area contributed by atoms with E-state index in [0.717, 1.165) is 12.5 Å². The van der Waals surface area contributed by atoms with E-state index in [2.05, 4.69) is 39.2 Å². The minimum absolute atomic E-state index is 0.0723. The molecule has 0 unspecified atom stereocenters. The Hall–Kier alpha value is -0.733. The second-order valence-electron chi connectivity index (χ2n) is 10.7. The molecule has 0 aromatic heterocycles. The predicted octanol–water partition coefficient (Wildman–Crippen LogP) is 3.39. The van der Waals surface area contributed by atoms with E-state index in [9.17, 15) is 21.6 Å². The van der Waals surface area contributed by atoms with Crippen LogP contribution in [0.15, 0.2) is 0 Å². The molecule has 2 atom stereocenters. The number of carbonyl (C=O) groups is 1. The first-order valence-corrected chi connectivity index (χ1v) is 17.4. The molecule has 0 radical (unpaired) electrons. The Kier molecular flexibility index (Phi) is 12.0. The normalized spacial score (nSPS) is 15.7. The Morgan fingerprint density at radius 2 is 1.33 bits per heavy atom. The van der Waals surface area contributed by atoms with Gasteiger partial charge in [0.05, 0.1) is 25.7 Å². The Bertz CT molecular complexity index is 829. The molecule has 10 nitrogen and oxygen atoms in total. The van der Waals surface area contributed by atoms with Gasteiger partial charge in [-0.15, -0.1) is 0 Å². The lowest BCUT2D eigenvalue weighted by Gasteiger charge is -2.40. The van der Waals surface area contributed by atoms with Crippen molar-refractivity contribution in [1.29, 1.82) is 0 Å². The third kappa shape index (κ3) is 16.5. The monoisotopic (exact) mass is 533 g/mol. The fourth-order valence-electron chi connectivity index (χ4n) is 2.53. The van der Waals surface area contributed by atoms with Crippen molar-refractivity contribution in [3.8, 4) is 0 Å². The highest BCUT2D eigenvalue weighted by molar-refractivity contribution is 7.86. The van der Waals surface area contributed by atoms with Crippen molar-refractivity contribution >= 4 is 34.6 Å². The maximum Gasteiger partial charge on any atom is 0.407 e. The van der Waals surface area contributed by atoms with Crippen LogP contribution in [0.1, 0.15) is 60.8 Å². The van der Waals surface area contributed by atoms with Crippen molar-refractivity contribution in [2.75, 3.05) is 25.7 Å². The highest BCUT2D eigenvalue weighted by Gasteiger charge is 2.39. The van der Waals surface area contributed by atoms with E-state index in [1.807, 2.05) is 0 Å². The van der Waals surface area contributed by atoms with Crippen LogP contribution in [0.4, 0.5) is 4.79 Å². The van der Waals surface area contributed by atoms with Gasteiger partial charge < -0.3 is 14.5 Å². The number of hydrogen-bond donors (Lipinski definition) is 1. The van der Waals surface area contributed by atoms with Crippen LogP contribution in [0.5, 0.6) is 0 Å². The molecule has 198 valence electrons. The summed E-state index contributed by atoms with van der Waals surface area (Å²) in [5.41, 5.74) is -0.710. The van der Waals surface area contributed by atoms with Crippen molar-refractivity contribution in [3.63, 3.8) is 0 Å². The van der Waals surface area contributed by atoms with Gasteiger partial charge in [-0.25, -0.2) is 4.79 Å². The Morgan fingerprint density at radius 1 is 0.879 bits per heavy atom. The van der Waals surface area contributed by atoms with E-state index < -0.39 is 52.4 Å². The summed E-state index contributed by atoms with van der Waals surface area (Å²) in [6, 6.07) is -0.533. The molecule has 33 heavy (non-hydrogen) atoms. The minimum Gasteiger partial charge on any atom is -0.444 e. The quantitative estimate of drug-likeness (QED) is 0.279. The molecule has 0 spiro atoms. The molecule has 0 aromatic rings. The van der Waals surface area contributed by atoms with Crippen LogP contribution in [0, 0.1) is 0 Å². The highest BCUT2D eigenvalue weighted by Crippen LogP contribution is 2.38. The molecule has 13 heteroatoms. The topological polar surface area (TPSA) is 134 Å². The van der Waals surface area contributed by atoms with Crippen LogP contribution in [-0.2, 0) is 37.8 Å². The fourth-order valence-corrected chi connectivity index (χ4v) is 4.73. The number of amides is 1. The molecule has 0 fully saturated rings. The second kappa shape index (κ2) is 12.3. The Labute approximate surface area is 201 Å². The number of carbonyl (C=O) groups excluding carboxylic acids is 1. The summed E-state index contributed by atoms with van der Waals surface area (Å²) in [5, 5.41) is 2.66. The molecule has 1 amide bonds. The lowest BCUT2D eigenvalue weighted by molar-refractivity contribution is 0.0472. The second-order valence-corrected chi connectivity index (χ2v) is 18.8. The van der Waals surface area contributed by atoms with Gasteiger partial charge in [0.25, 0.3) is 20.2 Å². The summed E-state index contributed by atoms with van der Waals surface area (Å²) >= 11 is 0. The number of alkyl carbamates (subject to hydrolysis) is 1. The van der Waals surface area contributed by atoms with Gasteiger partial charge in [0.2, 0.25) is 0 Å². The van der Waals surface area contributed by atoms with Crippen LogP contribution < -0.4 is 5.32 Å². The SMILES string of the molecule is CC(C)(C)OC(=O)N[C@@H](CCOS(C)(=O)=O)C[C@H](CCOS(C)(=O)=O)O[Si](C)(C)C(C)(C)C. The summed E-state index contributed by atoms with van der Waals surface area (Å²) in [7, 11) is -9.50. The predicted molar refractivity (Wildman–Crippen MR) is 131 cm³/mol. The summed E-state index contributed by atoms with van der Waals surface area (Å²) in [6.07, 6.45) is 1.61. The van der Waals surface area contributed by atoms with E-state index in [-0.39, 0.29) is 31.1 Å². The molecule has 0 aliphatic rings. The van der Waals surface area contributed by atoms with Gasteiger partial charge >= 0.3 is 6.09 Å². The first-order chi connectivity index (χ1) is 14.5. The van der Waals surface area contributed by atoms with E-state index in [1.54, 1.807) is 20.8 Å². The zero-order valence-corrected chi connectivity index (χ0v) is 24.3. The average molecular weight is 534 g/mol. The molecule has 0 aliphatic carbocycles. The molecule has 0 saturated carbocycles. The largest absolute Gasteiger partial charge is 0.444 e. The van der Waals surface area contributed by atoms with Crippen LogP contribution in [-0.4, -0.2) is 74.7 Å². The summed E-state index contributed by atoms with van der Waals surface area (Å²) in [6.45, 7) is 15.4. The van der Waals surface area contributed by atoms with Crippen LogP contribution in [0.25, 0.3) is 0 Å². The Morgan fingerprint density at radius 3 is 1.73 bits per heavy atom. The van der Waals surface area contributed by atoms with Crippen molar-refractivity contribution in [2.45, 2.75) is 96.7 Å². The average Bonchev–Trinajstić information content (AvgIpc) is 2.48. The van der Waals surface area contributed by atoms with Gasteiger partial charge in [-0.1, -0.05) is 20.8 Å². The van der Waals surface area contributed by atoms with Crippen LogP contribution in [0.2, 0.25) is 18.1 Å². The number of ether oxygens (including phenoxy) is 1. The third-order valence-electron chi connectivity index (χ3n) is 5.04. The van der Waals surface area contributed by atoms with Crippen molar-refractivity contribution < 1.29 is 39.2 Å². The van der Waals surface area contributed by atoms with Gasteiger partial charge in [-0.05, 0) is 58.2 Å².